The first-order valence-electron chi connectivity index (χ1n) is 10.1. The first-order valence-corrected chi connectivity index (χ1v) is 10.1. The van der Waals surface area contributed by atoms with Crippen molar-refractivity contribution in [3.8, 4) is 17.5 Å². The molecule has 146 valence electrons. The zero-order valence-corrected chi connectivity index (χ0v) is 16.3. The third-order valence-corrected chi connectivity index (χ3v) is 6.07. The fourth-order valence-corrected chi connectivity index (χ4v) is 4.20. The number of benzene rings is 1. The molecule has 1 aromatic heterocycles. The van der Waals surface area contributed by atoms with Crippen LogP contribution >= 0.6 is 0 Å². The molecule has 1 atom stereocenters. The molecule has 0 bridgehead atoms. The molecule has 2 aromatic rings. The highest BCUT2D eigenvalue weighted by Gasteiger charge is 2.39. The largest absolute Gasteiger partial charge is 0.441 e. The predicted octanol–water partition coefficient (Wildman–Crippen LogP) is 3.22. The lowest BCUT2D eigenvalue weighted by atomic mass is 9.73. The van der Waals surface area contributed by atoms with E-state index in [1.54, 1.807) is 4.90 Å². The lowest BCUT2D eigenvalue weighted by Crippen LogP contribution is -2.56. The van der Waals surface area contributed by atoms with Crippen LogP contribution < -0.4 is 5.32 Å². The maximum atomic E-state index is 12.6. The van der Waals surface area contributed by atoms with E-state index in [0.717, 1.165) is 55.5 Å². The van der Waals surface area contributed by atoms with Crippen LogP contribution in [-0.2, 0) is 11.2 Å². The Hall–Kier alpha value is -2.65. The van der Waals surface area contributed by atoms with E-state index in [4.69, 9.17) is 9.40 Å². The van der Waals surface area contributed by atoms with Gasteiger partial charge in [-0.1, -0.05) is 18.2 Å². The summed E-state index contributed by atoms with van der Waals surface area (Å²) in [4.78, 5) is 19.0. The molecule has 1 aliphatic heterocycles. The average molecular weight is 378 g/mol. The van der Waals surface area contributed by atoms with Gasteiger partial charge in [0.1, 0.15) is 11.8 Å². The van der Waals surface area contributed by atoms with Crippen LogP contribution in [-0.4, -0.2) is 40.5 Å². The molecule has 4 rings (SSSR count). The van der Waals surface area contributed by atoms with Crippen molar-refractivity contribution in [3.05, 3.63) is 41.8 Å². The summed E-state index contributed by atoms with van der Waals surface area (Å²) in [6, 6.07) is 11.9. The van der Waals surface area contributed by atoms with E-state index in [1.807, 2.05) is 37.3 Å². The fourth-order valence-electron chi connectivity index (χ4n) is 4.20. The van der Waals surface area contributed by atoms with E-state index >= 15 is 0 Å². The summed E-state index contributed by atoms with van der Waals surface area (Å²) in [6.07, 6.45) is 5.64. The molecule has 1 aliphatic carbocycles. The zero-order chi connectivity index (χ0) is 19.6. The summed E-state index contributed by atoms with van der Waals surface area (Å²) < 4.78 is 5.90. The quantitative estimate of drug-likeness (QED) is 0.835. The van der Waals surface area contributed by atoms with E-state index in [-0.39, 0.29) is 24.0 Å². The molecule has 1 amide bonds. The number of nitrogens with zero attached hydrogens (tertiary/aromatic N) is 3. The summed E-state index contributed by atoms with van der Waals surface area (Å²) in [5.41, 5.74) is 1.82. The number of likely N-dealkylation sites (tertiary alicyclic amines) is 1. The van der Waals surface area contributed by atoms with Gasteiger partial charge in [0.2, 0.25) is 11.8 Å². The SMILES string of the molecule is Cc1oc(-c2ccccc2)nc1CC1(NCC(=O)N2CCC[C@H]2C#N)CCC1. The summed E-state index contributed by atoms with van der Waals surface area (Å²) in [7, 11) is 0. The number of rotatable bonds is 6. The van der Waals surface area contributed by atoms with Gasteiger partial charge in [0, 0.05) is 24.1 Å². The fraction of sp³-hybridized carbons (Fsp3) is 0.500. The number of hydrogen-bond acceptors (Lipinski definition) is 5. The van der Waals surface area contributed by atoms with Gasteiger partial charge in [-0.05, 0) is 51.2 Å². The van der Waals surface area contributed by atoms with Crippen LogP contribution in [0.15, 0.2) is 34.7 Å². The Labute approximate surface area is 165 Å². The number of hydrogen-bond donors (Lipinski definition) is 1. The minimum atomic E-state index is -0.266. The van der Waals surface area contributed by atoms with Crippen molar-refractivity contribution >= 4 is 5.91 Å². The second-order valence-corrected chi connectivity index (χ2v) is 7.93. The minimum Gasteiger partial charge on any atom is -0.441 e. The van der Waals surface area contributed by atoms with Crippen molar-refractivity contribution in [2.75, 3.05) is 13.1 Å². The Morgan fingerprint density at radius 3 is 2.82 bits per heavy atom. The molecule has 6 heteroatoms. The van der Waals surface area contributed by atoms with Gasteiger partial charge in [0.05, 0.1) is 18.3 Å². The van der Waals surface area contributed by atoms with Crippen LogP contribution in [0.3, 0.4) is 0 Å². The second kappa shape index (κ2) is 7.76. The first-order chi connectivity index (χ1) is 13.6. The Bertz CT molecular complexity index is 880. The Kier molecular flexibility index (Phi) is 5.19. The van der Waals surface area contributed by atoms with Gasteiger partial charge >= 0.3 is 0 Å². The molecule has 1 saturated carbocycles. The van der Waals surface area contributed by atoms with Crippen LogP contribution in [0.25, 0.3) is 11.5 Å². The van der Waals surface area contributed by atoms with Crippen molar-refractivity contribution in [3.63, 3.8) is 0 Å². The molecule has 28 heavy (non-hydrogen) atoms. The van der Waals surface area contributed by atoms with Crippen LogP contribution in [0.1, 0.15) is 43.6 Å². The highest BCUT2D eigenvalue weighted by molar-refractivity contribution is 5.79. The van der Waals surface area contributed by atoms with E-state index in [0.29, 0.717) is 12.4 Å². The average Bonchev–Trinajstić information content (AvgIpc) is 3.31. The smallest absolute Gasteiger partial charge is 0.237 e. The summed E-state index contributed by atoms with van der Waals surface area (Å²) >= 11 is 0. The van der Waals surface area contributed by atoms with Crippen molar-refractivity contribution in [1.29, 1.82) is 5.26 Å². The van der Waals surface area contributed by atoms with Gasteiger partial charge in [0.25, 0.3) is 0 Å². The topological polar surface area (TPSA) is 82.2 Å². The Balaban J connectivity index is 1.42. The van der Waals surface area contributed by atoms with Crippen molar-refractivity contribution in [2.24, 2.45) is 0 Å². The standard InChI is InChI=1S/C22H26N4O2/c1-16-19(25-21(28-16)17-7-3-2-4-8-17)13-22(10-6-11-22)24-15-20(27)26-12-5-9-18(26)14-23/h2-4,7-8,18,24H,5-6,9-13,15H2,1H3/t18-/m0/s1. The van der Waals surface area contributed by atoms with Crippen molar-refractivity contribution < 1.29 is 9.21 Å². The molecule has 2 fully saturated rings. The van der Waals surface area contributed by atoms with E-state index < -0.39 is 0 Å². The number of oxazole rings is 1. The second-order valence-electron chi connectivity index (χ2n) is 7.93. The zero-order valence-electron chi connectivity index (χ0n) is 16.3. The number of amides is 1. The van der Waals surface area contributed by atoms with Gasteiger partial charge in [-0.25, -0.2) is 4.98 Å². The normalized spacial score (nSPS) is 20.6. The number of nitriles is 1. The third-order valence-electron chi connectivity index (χ3n) is 6.07. The number of carbonyl (C=O) groups excluding carboxylic acids is 1. The first kappa shape index (κ1) is 18.7. The van der Waals surface area contributed by atoms with E-state index in [9.17, 15) is 10.1 Å². The maximum Gasteiger partial charge on any atom is 0.237 e. The highest BCUT2D eigenvalue weighted by Crippen LogP contribution is 2.36. The summed E-state index contributed by atoms with van der Waals surface area (Å²) in [6.45, 7) is 2.92. The lowest BCUT2D eigenvalue weighted by molar-refractivity contribution is -0.130. The minimum absolute atomic E-state index is 0.0252. The van der Waals surface area contributed by atoms with Gasteiger partial charge < -0.3 is 14.6 Å². The third kappa shape index (κ3) is 3.67. The number of nitrogens with one attached hydrogen (secondary N) is 1. The van der Waals surface area contributed by atoms with Gasteiger partial charge in [0.15, 0.2) is 0 Å². The monoisotopic (exact) mass is 378 g/mol. The Morgan fingerprint density at radius 2 is 2.14 bits per heavy atom. The van der Waals surface area contributed by atoms with E-state index in [2.05, 4.69) is 11.4 Å². The van der Waals surface area contributed by atoms with Gasteiger partial charge in [-0.15, -0.1) is 0 Å². The molecule has 0 spiro atoms. The molecule has 0 unspecified atom stereocenters. The molecule has 2 aliphatic rings. The predicted molar refractivity (Wildman–Crippen MR) is 105 cm³/mol. The number of aromatic nitrogens is 1. The molecule has 1 aromatic carbocycles. The van der Waals surface area contributed by atoms with Crippen LogP contribution in [0.5, 0.6) is 0 Å². The summed E-state index contributed by atoms with van der Waals surface area (Å²) in [5.74, 6) is 1.51. The van der Waals surface area contributed by atoms with Crippen LogP contribution in [0.2, 0.25) is 0 Å². The molecule has 0 radical (unpaired) electrons. The van der Waals surface area contributed by atoms with Crippen LogP contribution in [0, 0.1) is 18.3 Å². The highest BCUT2D eigenvalue weighted by atomic mass is 16.4. The maximum absolute atomic E-state index is 12.6. The summed E-state index contributed by atoms with van der Waals surface area (Å²) in [5, 5.41) is 12.7. The molecule has 2 heterocycles. The Morgan fingerprint density at radius 1 is 1.36 bits per heavy atom. The molecule has 1 saturated heterocycles. The molecule has 6 nitrogen and oxygen atoms in total. The number of carbonyl (C=O) groups is 1. The van der Waals surface area contributed by atoms with Crippen molar-refractivity contribution in [2.45, 2.75) is 57.0 Å². The van der Waals surface area contributed by atoms with Crippen LogP contribution in [0.4, 0.5) is 0 Å². The molecular weight excluding hydrogens is 352 g/mol. The van der Waals surface area contributed by atoms with Gasteiger partial charge in [-0.3, -0.25) is 4.79 Å². The van der Waals surface area contributed by atoms with Crippen molar-refractivity contribution in [1.82, 2.24) is 15.2 Å². The van der Waals surface area contributed by atoms with Gasteiger partial charge in [-0.2, -0.15) is 5.26 Å². The molecular formula is C22H26N4O2. The van der Waals surface area contributed by atoms with E-state index in [1.165, 1.54) is 0 Å². The lowest BCUT2D eigenvalue weighted by Gasteiger charge is -2.43. The number of aryl methyl sites for hydroxylation is 1. The molecule has 1 N–H and O–H groups in total.